The van der Waals surface area contributed by atoms with Gasteiger partial charge in [-0.3, -0.25) is 0 Å². The van der Waals surface area contributed by atoms with E-state index in [1.807, 2.05) is 12.1 Å². The second-order valence-electron chi connectivity index (χ2n) is 4.16. The highest BCUT2D eigenvalue weighted by molar-refractivity contribution is 7.15. The van der Waals surface area contributed by atoms with Crippen molar-refractivity contribution >= 4 is 39.7 Å². The molecule has 1 aliphatic carbocycles. The minimum absolute atomic E-state index is 0.344. The van der Waals surface area contributed by atoms with E-state index in [1.165, 1.54) is 4.88 Å². The quantitative estimate of drug-likeness (QED) is 0.856. The number of hydrogen-bond acceptors (Lipinski definition) is 3. The van der Waals surface area contributed by atoms with E-state index in [0.717, 1.165) is 24.1 Å². The summed E-state index contributed by atoms with van der Waals surface area (Å²) in [4.78, 5) is 5.61. The fourth-order valence-electron chi connectivity index (χ4n) is 2.34. The molecule has 17 heavy (non-hydrogen) atoms. The van der Waals surface area contributed by atoms with Crippen molar-refractivity contribution in [3.8, 4) is 0 Å². The summed E-state index contributed by atoms with van der Waals surface area (Å²) in [5.74, 6) is 0.344. The molecule has 3 rings (SSSR count). The Morgan fingerprint density at radius 1 is 1.24 bits per heavy atom. The number of halogens is 2. The van der Waals surface area contributed by atoms with Crippen molar-refractivity contribution in [3.05, 3.63) is 44.4 Å². The molecule has 88 valence electrons. The fraction of sp³-hybridized carbons (Fsp3) is 0.250. The predicted octanol–water partition coefficient (Wildman–Crippen LogP) is 4.11. The number of fused-ring (bicyclic) bond motifs is 1. The number of aromatic nitrogens is 1. The van der Waals surface area contributed by atoms with Gasteiger partial charge in [0.1, 0.15) is 0 Å². The lowest BCUT2D eigenvalue weighted by Crippen LogP contribution is -1.94. The average molecular weight is 285 g/mol. The van der Waals surface area contributed by atoms with Crippen molar-refractivity contribution in [1.29, 1.82) is 0 Å². The van der Waals surface area contributed by atoms with Gasteiger partial charge in [-0.05, 0) is 36.6 Å². The lowest BCUT2D eigenvalue weighted by molar-refractivity contribution is 0.791. The molecular weight excluding hydrogens is 275 g/mol. The zero-order valence-electron chi connectivity index (χ0n) is 8.91. The number of thiazole rings is 1. The molecule has 0 aliphatic heterocycles. The van der Waals surface area contributed by atoms with Crippen LogP contribution in [-0.2, 0) is 6.42 Å². The maximum absolute atomic E-state index is 6.04. The van der Waals surface area contributed by atoms with E-state index in [1.54, 1.807) is 17.4 Å². The standard InChI is InChI=1S/C12H10Cl2N2S/c13-7-3-6(4-8(14)5-7)9-1-2-10-11(9)17-12(15)16-10/h3-5,9H,1-2H2,(H2,15,16). The van der Waals surface area contributed by atoms with Crippen LogP contribution < -0.4 is 5.73 Å². The van der Waals surface area contributed by atoms with E-state index in [2.05, 4.69) is 4.98 Å². The maximum atomic E-state index is 6.04. The Hall–Kier alpha value is -0.770. The monoisotopic (exact) mass is 284 g/mol. The predicted molar refractivity (Wildman–Crippen MR) is 73.2 cm³/mol. The van der Waals surface area contributed by atoms with E-state index in [0.29, 0.717) is 21.1 Å². The number of benzene rings is 1. The first-order chi connectivity index (χ1) is 8.13. The highest BCUT2D eigenvalue weighted by Gasteiger charge is 2.28. The van der Waals surface area contributed by atoms with Gasteiger partial charge >= 0.3 is 0 Å². The van der Waals surface area contributed by atoms with Crippen LogP contribution in [0.1, 0.15) is 28.5 Å². The van der Waals surface area contributed by atoms with Gasteiger partial charge in [-0.25, -0.2) is 4.98 Å². The molecule has 2 aromatic rings. The van der Waals surface area contributed by atoms with Crippen LogP contribution in [0.25, 0.3) is 0 Å². The van der Waals surface area contributed by atoms with Crippen LogP contribution in [0.3, 0.4) is 0 Å². The summed E-state index contributed by atoms with van der Waals surface area (Å²) in [5.41, 5.74) is 8.03. The van der Waals surface area contributed by atoms with Crippen LogP contribution in [-0.4, -0.2) is 4.98 Å². The summed E-state index contributed by atoms with van der Waals surface area (Å²) >= 11 is 13.7. The molecule has 1 aromatic heterocycles. The van der Waals surface area contributed by atoms with E-state index in [9.17, 15) is 0 Å². The largest absolute Gasteiger partial charge is 0.375 e. The topological polar surface area (TPSA) is 38.9 Å². The minimum Gasteiger partial charge on any atom is -0.375 e. The van der Waals surface area contributed by atoms with E-state index in [-0.39, 0.29) is 0 Å². The number of nitrogens with two attached hydrogens (primary N) is 1. The Bertz CT molecular complexity index is 560. The highest BCUT2D eigenvalue weighted by Crippen LogP contribution is 2.43. The normalized spacial score (nSPS) is 18.4. The molecule has 0 radical (unpaired) electrons. The summed E-state index contributed by atoms with van der Waals surface area (Å²) in [6, 6.07) is 5.70. The van der Waals surface area contributed by atoms with Crippen LogP contribution in [0, 0.1) is 0 Å². The second kappa shape index (κ2) is 4.16. The lowest BCUT2D eigenvalue weighted by Gasteiger charge is -2.10. The molecule has 2 nitrogen and oxygen atoms in total. The Morgan fingerprint density at radius 2 is 1.94 bits per heavy atom. The number of hydrogen-bond donors (Lipinski definition) is 1. The van der Waals surface area contributed by atoms with Gasteiger partial charge in [0, 0.05) is 20.8 Å². The minimum atomic E-state index is 0.344. The van der Waals surface area contributed by atoms with Crippen molar-refractivity contribution < 1.29 is 0 Å². The Balaban J connectivity index is 2.05. The fourth-order valence-corrected chi connectivity index (χ4v) is 3.93. The van der Waals surface area contributed by atoms with Gasteiger partial charge in [-0.2, -0.15) is 0 Å². The van der Waals surface area contributed by atoms with Gasteiger partial charge in [-0.1, -0.05) is 23.2 Å². The third-order valence-electron chi connectivity index (χ3n) is 3.02. The van der Waals surface area contributed by atoms with Crippen molar-refractivity contribution in [2.75, 3.05) is 5.73 Å². The van der Waals surface area contributed by atoms with Crippen LogP contribution in [0.5, 0.6) is 0 Å². The number of nitrogens with zero attached hydrogens (tertiary/aromatic N) is 1. The first-order valence-electron chi connectivity index (χ1n) is 5.34. The molecule has 1 atom stereocenters. The zero-order valence-corrected chi connectivity index (χ0v) is 11.2. The van der Waals surface area contributed by atoms with E-state index >= 15 is 0 Å². The number of rotatable bonds is 1. The Morgan fingerprint density at radius 3 is 2.65 bits per heavy atom. The summed E-state index contributed by atoms with van der Waals surface area (Å²) < 4.78 is 0. The van der Waals surface area contributed by atoms with Gasteiger partial charge < -0.3 is 5.73 Å². The van der Waals surface area contributed by atoms with Crippen molar-refractivity contribution in [2.24, 2.45) is 0 Å². The Kier molecular flexibility index (Phi) is 2.77. The smallest absolute Gasteiger partial charge is 0.180 e. The molecule has 0 saturated heterocycles. The number of anilines is 1. The first-order valence-corrected chi connectivity index (χ1v) is 6.92. The molecule has 1 unspecified atom stereocenters. The summed E-state index contributed by atoms with van der Waals surface area (Å²) in [7, 11) is 0. The molecular formula is C12H10Cl2N2S. The molecule has 0 fully saturated rings. The molecule has 0 bridgehead atoms. The van der Waals surface area contributed by atoms with Crippen molar-refractivity contribution in [2.45, 2.75) is 18.8 Å². The van der Waals surface area contributed by atoms with Gasteiger partial charge in [0.2, 0.25) is 0 Å². The highest BCUT2D eigenvalue weighted by atomic mass is 35.5. The second-order valence-corrected chi connectivity index (χ2v) is 6.09. The van der Waals surface area contributed by atoms with E-state index < -0.39 is 0 Å². The molecule has 1 aromatic carbocycles. The molecule has 0 amide bonds. The number of aryl methyl sites for hydroxylation is 1. The third kappa shape index (κ3) is 2.03. The van der Waals surface area contributed by atoms with Gasteiger partial charge in [-0.15, -0.1) is 11.3 Å². The average Bonchev–Trinajstić information content (AvgIpc) is 2.74. The Labute approximate surface area is 113 Å². The first kappa shape index (κ1) is 11.3. The zero-order chi connectivity index (χ0) is 12.0. The molecule has 0 spiro atoms. The maximum Gasteiger partial charge on any atom is 0.180 e. The molecule has 2 N–H and O–H groups in total. The molecule has 0 saturated carbocycles. The van der Waals surface area contributed by atoms with Gasteiger partial charge in [0.05, 0.1) is 5.69 Å². The van der Waals surface area contributed by atoms with Crippen LogP contribution in [0.4, 0.5) is 5.13 Å². The summed E-state index contributed by atoms with van der Waals surface area (Å²) in [5, 5.41) is 2.00. The molecule has 1 aliphatic rings. The van der Waals surface area contributed by atoms with Crippen LogP contribution in [0.15, 0.2) is 18.2 Å². The molecule has 1 heterocycles. The van der Waals surface area contributed by atoms with Crippen LogP contribution >= 0.6 is 34.5 Å². The van der Waals surface area contributed by atoms with Crippen molar-refractivity contribution in [1.82, 2.24) is 4.98 Å². The van der Waals surface area contributed by atoms with Gasteiger partial charge in [0.15, 0.2) is 5.13 Å². The third-order valence-corrected chi connectivity index (χ3v) is 4.49. The number of nitrogen functional groups attached to an aromatic ring is 1. The van der Waals surface area contributed by atoms with Crippen molar-refractivity contribution in [3.63, 3.8) is 0 Å². The van der Waals surface area contributed by atoms with Gasteiger partial charge in [0.25, 0.3) is 0 Å². The van der Waals surface area contributed by atoms with E-state index in [4.69, 9.17) is 28.9 Å². The summed E-state index contributed by atoms with van der Waals surface area (Å²) in [6.45, 7) is 0. The SMILES string of the molecule is Nc1nc2c(s1)C(c1cc(Cl)cc(Cl)c1)CC2. The summed E-state index contributed by atoms with van der Waals surface area (Å²) in [6.07, 6.45) is 2.04. The molecule has 5 heteroatoms. The van der Waals surface area contributed by atoms with Crippen LogP contribution in [0.2, 0.25) is 10.0 Å². The lowest BCUT2D eigenvalue weighted by atomic mass is 9.98.